The van der Waals surface area contributed by atoms with Crippen LogP contribution in [0.15, 0.2) is 54.6 Å². The number of fused-ring (bicyclic) bond motifs is 1. The van der Waals surface area contributed by atoms with E-state index in [1.807, 2.05) is 68.4 Å². The molecule has 1 atom stereocenters. The van der Waals surface area contributed by atoms with E-state index in [9.17, 15) is 9.59 Å². The van der Waals surface area contributed by atoms with Crippen LogP contribution in [0.25, 0.3) is 10.8 Å². The first-order valence-corrected chi connectivity index (χ1v) is 9.49. The minimum Gasteiger partial charge on any atom is -0.497 e. The molecule has 5 heteroatoms. The van der Waals surface area contributed by atoms with Gasteiger partial charge in [-0.05, 0) is 60.9 Å². The molecule has 5 nitrogen and oxygen atoms in total. The second kappa shape index (κ2) is 8.78. The quantitative estimate of drug-likeness (QED) is 0.616. The third-order valence-electron chi connectivity index (χ3n) is 4.93. The van der Waals surface area contributed by atoms with Crippen LogP contribution >= 0.6 is 0 Å². The number of amides is 1. The highest BCUT2D eigenvalue weighted by atomic mass is 16.5. The number of carbonyl (C=O) groups is 2. The Balaban J connectivity index is 1.61. The maximum Gasteiger partial charge on any atom is 0.313 e. The number of nitrogens with one attached hydrogen (secondary N) is 1. The lowest BCUT2D eigenvalue weighted by molar-refractivity contribution is -0.148. The van der Waals surface area contributed by atoms with Gasteiger partial charge in [-0.3, -0.25) is 9.59 Å². The summed E-state index contributed by atoms with van der Waals surface area (Å²) in [5, 5.41) is 4.82. The molecule has 0 spiro atoms. The number of anilines is 1. The summed E-state index contributed by atoms with van der Waals surface area (Å²) in [6.07, 6.45) is 0. The van der Waals surface area contributed by atoms with Crippen molar-refractivity contribution >= 4 is 28.3 Å². The van der Waals surface area contributed by atoms with Crippen LogP contribution in [0.1, 0.15) is 29.5 Å². The maximum atomic E-state index is 12.4. The summed E-state index contributed by atoms with van der Waals surface area (Å²) in [6.45, 7) is 5.37. The van der Waals surface area contributed by atoms with Crippen LogP contribution in [0.5, 0.6) is 5.75 Å². The highest BCUT2D eigenvalue weighted by molar-refractivity contribution is 5.94. The lowest BCUT2D eigenvalue weighted by Gasteiger charge is -2.14. The lowest BCUT2D eigenvalue weighted by Crippen LogP contribution is -2.23. The van der Waals surface area contributed by atoms with Gasteiger partial charge in [0.05, 0.1) is 13.0 Å². The fraction of sp³-hybridized carbons (Fsp3) is 0.250. The van der Waals surface area contributed by atoms with Crippen molar-refractivity contribution < 1.29 is 19.1 Å². The van der Waals surface area contributed by atoms with E-state index in [0.29, 0.717) is 0 Å². The number of aryl methyl sites for hydroxylation is 2. The van der Waals surface area contributed by atoms with Crippen molar-refractivity contribution in [3.8, 4) is 5.75 Å². The van der Waals surface area contributed by atoms with Crippen LogP contribution in [0, 0.1) is 13.8 Å². The highest BCUT2D eigenvalue weighted by Crippen LogP contribution is 2.25. The fourth-order valence-electron chi connectivity index (χ4n) is 3.18. The summed E-state index contributed by atoms with van der Waals surface area (Å²) < 4.78 is 10.5. The number of benzene rings is 3. The van der Waals surface area contributed by atoms with Gasteiger partial charge in [0.1, 0.15) is 5.75 Å². The number of hydrogen-bond donors (Lipinski definition) is 1. The van der Waals surface area contributed by atoms with E-state index in [1.165, 1.54) is 0 Å². The second-order valence-corrected chi connectivity index (χ2v) is 7.17. The van der Waals surface area contributed by atoms with E-state index in [-0.39, 0.29) is 12.5 Å². The molecule has 0 aliphatic rings. The number of carbonyl (C=O) groups excluding carboxylic acids is 2. The average Bonchev–Trinajstić information content (AvgIpc) is 2.72. The van der Waals surface area contributed by atoms with Gasteiger partial charge in [0, 0.05) is 5.69 Å². The van der Waals surface area contributed by atoms with Gasteiger partial charge in [-0.1, -0.05) is 42.0 Å². The van der Waals surface area contributed by atoms with Crippen LogP contribution < -0.4 is 10.1 Å². The molecule has 3 rings (SSSR count). The predicted molar refractivity (Wildman–Crippen MR) is 114 cm³/mol. The standard InChI is InChI=1S/C24H25NO4/c1-15-5-10-22(16(2)11-15)25-23(26)14-29-24(27)17(3)18-6-7-20-13-21(28-4)9-8-19(20)12-18/h5-13,17H,14H2,1-4H3,(H,25,26)/t17-/m0/s1. The third-order valence-corrected chi connectivity index (χ3v) is 4.93. The van der Waals surface area contributed by atoms with Crippen molar-refractivity contribution in [2.75, 3.05) is 19.0 Å². The molecule has 0 radical (unpaired) electrons. The van der Waals surface area contributed by atoms with E-state index in [0.717, 1.165) is 38.9 Å². The molecule has 1 N–H and O–H groups in total. The molecule has 0 saturated carbocycles. The van der Waals surface area contributed by atoms with E-state index >= 15 is 0 Å². The number of methoxy groups -OCH3 is 1. The van der Waals surface area contributed by atoms with Crippen molar-refractivity contribution in [1.82, 2.24) is 0 Å². The van der Waals surface area contributed by atoms with Gasteiger partial charge >= 0.3 is 5.97 Å². The topological polar surface area (TPSA) is 64.6 Å². The van der Waals surface area contributed by atoms with Crippen molar-refractivity contribution in [2.24, 2.45) is 0 Å². The minimum absolute atomic E-state index is 0.318. The molecular formula is C24H25NO4. The Morgan fingerprint density at radius 2 is 1.69 bits per heavy atom. The van der Waals surface area contributed by atoms with E-state index in [4.69, 9.17) is 9.47 Å². The third kappa shape index (κ3) is 4.93. The zero-order chi connectivity index (χ0) is 21.0. The summed E-state index contributed by atoms with van der Waals surface area (Å²) in [5.74, 6) is -0.486. The van der Waals surface area contributed by atoms with Crippen LogP contribution in [-0.4, -0.2) is 25.6 Å². The normalized spacial score (nSPS) is 11.7. The summed E-state index contributed by atoms with van der Waals surface area (Å²) in [5.41, 5.74) is 3.64. The molecule has 0 aromatic heterocycles. The Morgan fingerprint density at radius 1 is 0.966 bits per heavy atom. The zero-order valence-corrected chi connectivity index (χ0v) is 17.1. The molecule has 0 aliphatic heterocycles. The van der Waals surface area contributed by atoms with Gasteiger partial charge in [-0.15, -0.1) is 0 Å². The summed E-state index contributed by atoms with van der Waals surface area (Å²) in [4.78, 5) is 24.6. The number of ether oxygens (including phenoxy) is 2. The molecule has 29 heavy (non-hydrogen) atoms. The molecule has 3 aromatic rings. The van der Waals surface area contributed by atoms with Crippen LogP contribution in [-0.2, 0) is 14.3 Å². The first-order chi connectivity index (χ1) is 13.9. The second-order valence-electron chi connectivity index (χ2n) is 7.17. The molecule has 150 valence electrons. The largest absolute Gasteiger partial charge is 0.497 e. The molecule has 1 amide bonds. The Hall–Kier alpha value is -3.34. The fourth-order valence-corrected chi connectivity index (χ4v) is 3.18. The zero-order valence-electron chi connectivity index (χ0n) is 17.1. The van der Waals surface area contributed by atoms with Crippen LogP contribution in [0.4, 0.5) is 5.69 Å². The monoisotopic (exact) mass is 391 g/mol. The first kappa shape index (κ1) is 20.4. The van der Waals surface area contributed by atoms with Gasteiger partial charge in [-0.25, -0.2) is 0 Å². The van der Waals surface area contributed by atoms with Crippen molar-refractivity contribution in [3.63, 3.8) is 0 Å². The predicted octanol–water partition coefficient (Wildman–Crippen LogP) is 4.75. The maximum absolute atomic E-state index is 12.4. The molecule has 3 aromatic carbocycles. The average molecular weight is 391 g/mol. The van der Waals surface area contributed by atoms with Gasteiger partial charge in [-0.2, -0.15) is 0 Å². The summed E-state index contributed by atoms with van der Waals surface area (Å²) >= 11 is 0. The van der Waals surface area contributed by atoms with Gasteiger partial charge < -0.3 is 14.8 Å². The Labute approximate surface area is 170 Å². The van der Waals surface area contributed by atoms with Gasteiger partial charge in [0.15, 0.2) is 6.61 Å². The van der Waals surface area contributed by atoms with Crippen molar-refractivity contribution in [3.05, 3.63) is 71.3 Å². The number of rotatable bonds is 6. The highest BCUT2D eigenvalue weighted by Gasteiger charge is 2.18. The molecular weight excluding hydrogens is 366 g/mol. The van der Waals surface area contributed by atoms with Crippen LogP contribution in [0.3, 0.4) is 0 Å². The molecule has 0 aliphatic carbocycles. The van der Waals surface area contributed by atoms with Gasteiger partial charge in [0.2, 0.25) is 0 Å². The van der Waals surface area contributed by atoms with Gasteiger partial charge in [0.25, 0.3) is 5.91 Å². The van der Waals surface area contributed by atoms with E-state index in [2.05, 4.69) is 5.32 Å². The Bertz CT molecular complexity index is 1060. The summed E-state index contributed by atoms with van der Waals surface area (Å²) in [6, 6.07) is 17.3. The molecule has 0 bridgehead atoms. The van der Waals surface area contributed by atoms with E-state index < -0.39 is 11.9 Å². The Kier molecular flexibility index (Phi) is 6.17. The van der Waals surface area contributed by atoms with Crippen LogP contribution in [0.2, 0.25) is 0 Å². The molecule has 0 unspecified atom stereocenters. The molecule has 0 heterocycles. The Morgan fingerprint density at radius 3 is 2.41 bits per heavy atom. The number of hydrogen-bond acceptors (Lipinski definition) is 4. The number of esters is 1. The van der Waals surface area contributed by atoms with Crippen molar-refractivity contribution in [2.45, 2.75) is 26.7 Å². The molecule has 0 fully saturated rings. The minimum atomic E-state index is -0.476. The molecule has 0 saturated heterocycles. The first-order valence-electron chi connectivity index (χ1n) is 9.49. The van der Waals surface area contributed by atoms with Crippen molar-refractivity contribution in [1.29, 1.82) is 0 Å². The van der Waals surface area contributed by atoms with E-state index in [1.54, 1.807) is 14.0 Å². The smallest absolute Gasteiger partial charge is 0.313 e. The summed E-state index contributed by atoms with van der Waals surface area (Å²) in [7, 11) is 1.63. The lowest BCUT2D eigenvalue weighted by atomic mass is 9.98. The SMILES string of the molecule is COc1ccc2cc([C@H](C)C(=O)OCC(=O)Nc3ccc(C)cc3C)ccc2c1.